The van der Waals surface area contributed by atoms with E-state index in [2.05, 4.69) is 37.1 Å². The van der Waals surface area contributed by atoms with Gasteiger partial charge in [-0.05, 0) is 69.3 Å². The predicted molar refractivity (Wildman–Crippen MR) is 125 cm³/mol. The van der Waals surface area contributed by atoms with Gasteiger partial charge < -0.3 is 14.6 Å². The monoisotopic (exact) mass is 455 g/mol. The zero-order valence-corrected chi connectivity index (χ0v) is 19.6. The lowest BCUT2D eigenvalue weighted by atomic mass is 10.0. The number of carbonyl (C=O) groups excluding carboxylic acids is 1. The molecule has 1 unspecified atom stereocenters. The molecule has 8 heteroatoms. The molecule has 1 aromatic carbocycles. The molecule has 2 saturated carbocycles. The van der Waals surface area contributed by atoms with Crippen molar-refractivity contribution in [2.45, 2.75) is 68.1 Å². The zero-order chi connectivity index (χ0) is 21.9. The normalized spacial score (nSPS) is 20.2. The summed E-state index contributed by atoms with van der Waals surface area (Å²) in [6, 6.07) is 8.99. The highest BCUT2D eigenvalue weighted by atomic mass is 32.2. The van der Waals surface area contributed by atoms with Crippen molar-refractivity contribution >= 4 is 17.7 Å². The number of ether oxygens (including phenoxy) is 1. The molecule has 3 aliphatic rings. The van der Waals surface area contributed by atoms with Crippen LogP contribution in [0.4, 0.5) is 0 Å². The Kier molecular flexibility index (Phi) is 6.69. The second-order valence-electron chi connectivity index (χ2n) is 9.19. The molecule has 3 fully saturated rings. The molecule has 172 valence electrons. The maximum atomic E-state index is 12.8. The number of amides is 1. The fraction of sp³-hybridized carbons (Fsp3) is 0.625. The van der Waals surface area contributed by atoms with E-state index in [1.54, 1.807) is 7.11 Å². The molecule has 1 atom stereocenters. The number of methoxy groups -OCH3 is 1. The molecule has 32 heavy (non-hydrogen) atoms. The van der Waals surface area contributed by atoms with Crippen molar-refractivity contribution in [1.82, 2.24) is 25.0 Å². The summed E-state index contributed by atoms with van der Waals surface area (Å²) in [4.78, 5) is 15.3. The minimum atomic E-state index is 0.0591. The van der Waals surface area contributed by atoms with Crippen LogP contribution >= 0.6 is 11.8 Å². The van der Waals surface area contributed by atoms with Gasteiger partial charge in [0.15, 0.2) is 5.16 Å². The zero-order valence-electron chi connectivity index (χ0n) is 18.8. The third-order valence-electron chi connectivity index (χ3n) is 6.70. The van der Waals surface area contributed by atoms with Crippen molar-refractivity contribution in [3.05, 3.63) is 35.7 Å². The fourth-order valence-electron chi connectivity index (χ4n) is 4.59. The molecule has 0 radical (unpaired) electrons. The lowest BCUT2D eigenvalue weighted by molar-refractivity contribution is -0.118. The summed E-state index contributed by atoms with van der Waals surface area (Å²) in [5, 5.41) is 13.0. The van der Waals surface area contributed by atoms with Crippen LogP contribution < -0.4 is 10.1 Å². The van der Waals surface area contributed by atoms with Gasteiger partial charge in [0.2, 0.25) is 5.91 Å². The van der Waals surface area contributed by atoms with Crippen LogP contribution in [0.3, 0.4) is 0 Å². The fourth-order valence-corrected chi connectivity index (χ4v) is 5.43. The Morgan fingerprint density at radius 1 is 1.12 bits per heavy atom. The predicted octanol–water partition coefficient (Wildman–Crippen LogP) is 3.93. The number of likely N-dealkylation sites (tertiary alicyclic amines) is 1. The van der Waals surface area contributed by atoms with Crippen LogP contribution in [0.5, 0.6) is 5.75 Å². The van der Waals surface area contributed by atoms with Gasteiger partial charge in [-0.25, -0.2) is 0 Å². The maximum absolute atomic E-state index is 12.8. The summed E-state index contributed by atoms with van der Waals surface area (Å²) >= 11 is 1.52. The third kappa shape index (κ3) is 5.12. The lowest BCUT2D eigenvalue weighted by Crippen LogP contribution is -2.41. The van der Waals surface area contributed by atoms with Gasteiger partial charge in [0.05, 0.1) is 18.9 Å². The van der Waals surface area contributed by atoms with Crippen molar-refractivity contribution in [3.63, 3.8) is 0 Å². The molecule has 1 aromatic heterocycles. The van der Waals surface area contributed by atoms with Crippen molar-refractivity contribution in [2.24, 2.45) is 0 Å². The van der Waals surface area contributed by atoms with Gasteiger partial charge in [0.1, 0.15) is 11.6 Å². The Labute approximate surface area is 194 Å². The lowest BCUT2D eigenvalue weighted by Gasteiger charge is -2.35. The number of thioether (sulfide) groups is 1. The van der Waals surface area contributed by atoms with Gasteiger partial charge in [-0.1, -0.05) is 30.3 Å². The van der Waals surface area contributed by atoms with Gasteiger partial charge in [0, 0.05) is 18.5 Å². The molecule has 2 heterocycles. The molecule has 1 saturated heterocycles. The third-order valence-corrected chi connectivity index (χ3v) is 7.65. The molecule has 1 N–H and O–H groups in total. The van der Waals surface area contributed by atoms with Crippen LogP contribution in [0.25, 0.3) is 0 Å². The molecule has 2 aliphatic carbocycles. The number of hydrogen-bond acceptors (Lipinski definition) is 6. The maximum Gasteiger partial charge on any atom is 0.230 e. The van der Waals surface area contributed by atoms with E-state index in [0.717, 1.165) is 29.8 Å². The molecule has 2 aromatic rings. The summed E-state index contributed by atoms with van der Waals surface area (Å²) in [7, 11) is 1.69. The Morgan fingerprint density at radius 2 is 1.88 bits per heavy atom. The van der Waals surface area contributed by atoms with E-state index < -0.39 is 0 Å². The van der Waals surface area contributed by atoms with Crippen LogP contribution in [-0.4, -0.2) is 58.1 Å². The molecule has 0 spiro atoms. The highest BCUT2D eigenvalue weighted by molar-refractivity contribution is 7.99. The van der Waals surface area contributed by atoms with E-state index in [1.165, 1.54) is 62.3 Å². The molecule has 7 nitrogen and oxygen atoms in total. The van der Waals surface area contributed by atoms with Gasteiger partial charge in [0.25, 0.3) is 0 Å². The van der Waals surface area contributed by atoms with Gasteiger partial charge in [-0.3, -0.25) is 9.69 Å². The van der Waals surface area contributed by atoms with Gasteiger partial charge in [-0.2, -0.15) is 0 Å². The highest BCUT2D eigenvalue weighted by Crippen LogP contribution is 2.46. The number of hydrogen-bond donors (Lipinski definition) is 1. The van der Waals surface area contributed by atoms with E-state index in [9.17, 15) is 4.79 Å². The first-order chi connectivity index (χ1) is 15.7. The topological polar surface area (TPSA) is 72.3 Å². The van der Waals surface area contributed by atoms with Crippen LogP contribution in [0.15, 0.2) is 29.4 Å². The second kappa shape index (κ2) is 9.83. The number of aromatic nitrogens is 3. The first kappa shape index (κ1) is 21.8. The minimum absolute atomic E-state index is 0.0591. The van der Waals surface area contributed by atoms with E-state index in [4.69, 9.17) is 4.74 Å². The van der Waals surface area contributed by atoms with Crippen molar-refractivity contribution in [2.75, 3.05) is 32.5 Å². The number of carbonyl (C=O) groups is 1. The molecular weight excluding hydrogens is 422 g/mol. The quantitative estimate of drug-likeness (QED) is 0.547. The van der Waals surface area contributed by atoms with E-state index in [-0.39, 0.29) is 11.9 Å². The highest BCUT2D eigenvalue weighted by Gasteiger charge is 2.36. The Bertz CT molecular complexity index is 917. The minimum Gasteiger partial charge on any atom is -0.497 e. The van der Waals surface area contributed by atoms with Gasteiger partial charge in [-0.15, -0.1) is 10.2 Å². The van der Waals surface area contributed by atoms with E-state index in [0.29, 0.717) is 24.3 Å². The molecule has 1 aliphatic heterocycles. The van der Waals surface area contributed by atoms with Crippen molar-refractivity contribution in [3.8, 4) is 5.75 Å². The van der Waals surface area contributed by atoms with Crippen LogP contribution in [0.2, 0.25) is 0 Å². The summed E-state index contributed by atoms with van der Waals surface area (Å²) in [6.45, 7) is 2.78. The smallest absolute Gasteiger partial charge is 0.230 e. The standard InChI is InChI=1S/C24H33N5O2S/c1-31-20-11-7-17(8-12-20)21(28-13-3-2-4-14-28)15-25-22(30)16-32-24-27-26-23(18-5-6-18)29(24)19-9-10-19/h7-8,11-12,18-19,21H,2-6,9-10,13-16H2,1H3,(H,25,30). The average molecular weight is 456 g/mol. The van der Waals surface area contributed by atoms with E-state index >= 15 is 0 Å². The first-order valence-corrected chi connectivity index (χ1v) is 12.9. The number of nitrogens with zero attached hydrogens (tertiary/aromatic N) is 4. The van der Waals surface area contributed by atoms with E-state index in [1.807, 2.05) is 12.1 Å². The summed E-state index contributed by atoms with van der Waals surface area (Å²) in [5.74, 6) is 3.02. The summed E-state index contributed by atoms with van der Waals surface area (Å²) < 4.78 is 7.63. The average Bonchev–Trinajstić information content (AvgIpc) is 3.78. The number of rotatable bonds is 10. The number of benzene rings is 1. The Morgan fingerprint density at radius 3 is 2.53 bits per heavy atom. The summed E-state index contributed by atoms with van der Waals surface area (Å²) in [6.07, 6.45) is 8.58. The largest absolute Gasteiger partial charge is 0.497 e. The SMILES string of the molecule is COc1ccc(C(CNC(=O)CSc2nnc(C3CC3)n2C2CC2)N2CCCCC2)cc1. The van der Waals surface area contributed by atoms with Crippen molar-refractivity contribution < 1.29 is 9.53 Å². The van der Waals surface area contributed by atoms with Gasteiger partial charge >= 0.3 is 0 Å². The van der Waals surface area contributed by atoms with Crippen LogP contribution in [0.1, 0.15) is 74.3 Å². The number of nitrogens with one attached hydrogen (secondary N) is 1. The molecular formula is C24H33N5O2S. The van der Waals surface area contributed by atoms with Crippen molar-refractivity contribution in [1.29, 1.82) is 0 Å². The molecule has 0 bridgehead atoms. The van der Waals surface area contributed by atoms with Crippen LogP contribution in [0, 0.1) is 0 Å². The Hall–Kier alpha value is -2.06. The Balaban J connectivity index is 1.20. The number of piperidine rings is 1. The van der Waals surface area contributed by atoms with Crippen LogP contribution in [-0.2, 0) is 4.79 Å². The molecule has 1 amide bonds. The second-order valence-corrected chi connectivity index (χ2v) is 10.1. The first-order valence-electron chi connectivity index (χ1n) is 11.9. The summed E-state index contributed by atoms with van der Waals surface area (Å²) in [5.41, 5.74) is 1.23. The molecule has 5 rings (SSSR count).